The van der Waals surface area contributed by atoms with Crippen LogP contribution in [0.1, 0.15) is 12.5 Å². The number of ether oxygens (including phenoxy) is 2. The van der Waals surface area contributed by atoms with Gasteiger partial charge in [-0.25, -0.2) is 4.98 Å². The first kappa shape index (κ1) is 13.7. The van der Waals surface area contributed by atoms with Crippen molar-refractivity contribution < 1.29 is 14.7 Å². The normalized spacial score (nSPS) is 11.2. The molecule has 0 fully saturated rings. The van der Waals surface area contributed by atoms with Gasteiger partial charge in [0.15, 0.2) is 5.84 Å². The summed E-state index contributed by atoms with van der Waals surface area (Å²) < 4.78 is 11.1. The molecule has 0 saturated heterocycles. The van der Waals surface area contributed by atoms with Crippen LogP contribution in [0.4, 0.5) is 0 Å². The van der Waals surface area contributed by atoms with Gasteiger partial charge in [0.2, 0.25) is 5.88 Å². The molecule has 2 aromatic rings. The standard InChI is InChI=1S/C14H15N3O3/c1-2-19-10-5-3-6-11(9-10)20-14-12(13(15)17-18)7-4-8-16-14/h3-9,18H,2H2,1H3,(H2,15,17). The van der Waals surface area contributed by atoms with E-state index in [9.17, 15) is 0 Å². The Kier molecular flexibility index (Phi) is 4.39. The predicted molar refractivity (Wildman–Crippen MR) is 74.4 cm³/mol. The summed E-state index contributed by atoms with van der Waals surface area (Å²) >= 11 is 0. The fraction of sp³-hybridized carbons (Fsp3) is 0.143. The van der Waals surface area contributed by atoms with Crippen LogP contribution in [0.2, 0.25) is 0 Å². The maximum absolute atomic E-state index is 8.75. The minimum Gasteiger partial charge on any atom is -0.494 e. The van der Waals surface area contributed by atoms with Crippen molar-refractivity contribution in [3.8, 4) is 17.4 Å². The van der Waals surface area contributed by atoms with Crippen molar-refractivity contribution in [2.75, 3.05) is 6.61 Å². The minimum atomic E-state index is -0.0611. The van der Waals surface area contributed by atoms with Crippen LogP contribution in [0.25, 0.3) is 0 Å². The number of oxime groups is 1. The van der Waals surface area contributed by atoms with E-state index >= 15 is 0 Å². The molecule has 1 heterocycles. The quantitative estimate of drug-likeness (QED) is 0.378. The summed E-state index contributed by atoms with van der Waals surface area (Å²) in [6, 6.07) is 10.5. The molecule has 0 aliphatic rings. The molecule has 6 nitrogen and oxygen atoms in total. The van der Waals surface area contributed by atoms with E-state index in [1.54, 1.807) is 30.5 Å². The molecule has 2 rings (SSSR count). The van der Waals surface area contributed by atoms with Crippen LogP contribution >= 0.6 is 0 Å². The Balaban J connectivity index is 2.28. The lowest BCUT2D eigenvalue weighted by Crippen LogP contribution is -2.14. The van der Waals surface area contributed by atoms with Crippen LogP contribution in [0.15, 0.2) is 47.8 Å². The topological polar surface area (TPSA) is 90.0 Å². The number of benzene rings is 1. The number of amidine groups is 1. The zero-order valence-corrected chi connectivity index (χ0v) is 11.0. The van der Waals surface area contributed by atoms with E-state index in [0.29, 0.717) is 23.7 Å². The van der Waals surface area contributed by atoms with Crippen molar-refractivity contribution in [1.82, 2.24) is 4.98 Å². The predicted octanol–water partition coefficient (Wildman–Crippen LogP) is 2.37. The van der Waals surface area contributed by atoms with Gasteiger partial charge in [0.25, 0.3) is 0 Å². The van der Waals surface area contributed by atoms with Gasteiger partial charge in [-0.1, -0.05) is 11.2 Å². The zero-order chi connectivity index (χ0) is 14.4. The first-order chi connectivity index (χ1) is 9.74. The molecule has 0 aliphatic carbocycles. The van der Waals surface area contributed by atoms with Crippen LogP contribution in [-0.4, -0.2) is 22.6 Å². The summed E-state index contributed by atoms with van der Waals surface area (Å²) in [5.74, 6) is 1.46. The Morgan fingerprint density at radius 2 is 2.10 bits per heavy atom. The molecule has 0 spiro atoms. The third-order valence-electron chi connectivity index (χ3n) is 2.49. The highest BCUT2D eigenvalue weighted by Crippen LogP contribution is 2.26. The van der Waals surface area contributed by atoms with E-state index in [2.05, 4.69) is 10.1 Å². The smallest absolute Gasteiger partial charge is 0.230 e. The lowest BCUT2D eigenvalue weighted by molar-refractivity contribution is 0.318. The number of pyridine rings is 1. The fourth-order valence-corrected chi connectivity index (χ4v) is 1.63. The molecule has 0 unspecified atom stereocenters. The van der Waals surface area contributed by atoms with Gasteiger partial charge in [0, 0.05) is 12.3 Å². The first-order valence-corrected chi connectivity index (χ1v) is 6.08. The molecule has 0 atom stereocenters. The van der Waals surface area contributed by atoms with Crippen molar-refractivity contribution in [3.05, 3.63) is 48.2 Å². The van der Waals surface area contributed by atoms with E-state index in [-0.39, 0.29) is 11.7 Å². The van der Waals surface area contributed by atoms with Crippen LogP contribution in [0.5, 0.6) is 17.4 Å². The molecule has 0 bridgehead atoms. The molecular formula is C14H15N3O3. The van der Waals surface area contributed by atoms with Crippen molar-refractivity contribution in [1.29, 1.82) is 0 Å². The van der Waals surface area contributed by atoms with Gasteiger partial charge in [0.1, 0.15) is 11.5 Å². The number of nitrogens with zero attached hydrogens (tertiary/aromatic N) is 2. The maximum Gasteiger partial charge on any atom is 0.230 e. The number of aromatic nitrogens is 1. The summed E-state index contributed by atoms with van der Waals surface area (Å²) in [6.07, 6.45) is 1.57. The van der Waals surface area contributed by atoms with E-state index < -0.39 is 0 Å². The molecule has 6 heteroatoms. The number of rotatable bonds is 5. The molecule has 0 aliphatic heterocycles. The first-order valence-electron chi connectivity index (χ1n) is 6.08. The Labute approximate surface area is 116 Å². The third-order valence-corrected chi connectivity index (χ3v) is 2.49. The highest BCUT2D eigenvalue weighted by molar-refractivity contribution is 5.99. The molecule has 104 valence electrons. The lowest BCUT2D eigenvalue weighted by Gasteiger charge is -2.10. The van der Waals surface area contributed by atoms with E-state index in [1.165, 1.54) is 0 Å². The van der Waals surface area contributed by atoms with Gasteiger partial charge in [-0.3, -0.25) is 0 Å². The average molecular weight is 273 g/mol. The molecule has 0 saturated carbocycles. The molecule has 0 radical (unpaired) electrons. The van der Waals surface area contributed by atoms with Gasteiger partial charge < -0.3 is 20.4 Å². The van der Waals surface area contributed by atoms with Gasteiger partial charge in [-0.15, -0.1) is 0 Å². The Hall–Kier alpha value is -2.76. The second-order valence-electron chi connectivity index (χ2n) is 3.85. The molecule has 20 heavy (non-hydrogen) atoms. The van der Waals surface area contributed by atoms with Gasteiger partial charge in [-0.05, 0) is 31.2 Å². The molecule has 1 aromatic heterocycles. The van der Waals surface area contributed by atoms with Crippen molar-refractivity contribution >= 4 is 5.84 Å². The second kappa shape index (κ2) is 6.42. The van der Waals surface area contributed by atoms with Crippen LogP contribution in [0, 0.1) is 0 Å². The minimum absolute atomic E-state index is 0.0611. The van der Waals surface area contributed by atoms with Gasteiger partial charge in [0.05, 0.1) is 12.2 Å². The van der Waals surface area contributed by atoms with Crippen molar-refractivity contribution in [3.63, 3.8) is 0 Å². The largest absolute Gasteiger partial charge is 0.494 e. The lowest BCUT2D eigenvalue weighted by atomic mass is 10.2. The number of hydrogen-bond donors (Lipinski definition) is 2. The van der Waals surface area contributed by atoms with E-state index in [0.717, 1.165) is 0 Å². The highest BCUT2D eigenvalue weighted by atomic mass is 16.5. The monoisotopic (exact) mass is 273 g/mol. The maximum atomic E-state index is 8.75. The summed E-state index contributed by atoms with van der Waals surface area (Å²) in [5.41, 5.74) is 6.00. The second-order valence-corrected chi connectivity index (χ2v) is 3.85. The van der Waals surface area contributed by atoms with Crippen molar-refractivity contribution in [2.24, 2.45) is 10.9 Å². The van der Waals surface area contributed by atoms with E-state index in [4.69, 9.17) is 20.4 Å². The summed E-state index contributed by atoms with van der Waals surface area (Å²) in [6.45, 7) is 2.48. The molecule has 0 amide bonds. The average Bonchev–Trinajstić information content (AvgIpc) is 2.48. The summed E-state index contributed by atoms with van der Waals surface area (Å²) in [7, 11) is 0. The van der Waals surface area contributed by atoms with Crippen LogP contribution in [0.3, 0.4) is 0 Å². The SMILES string of the molecule is CCOc1cccc(Oc2ncccc2/C(N)=N/O)c1. The Bertz CT molecular complexity index is 614. The van der Waals surface area contributed by atoms with E-state index in [1.807, 2.05) is 19.1 Å². The molecular weight excluding hydrogens is 258 g/mol. The molecule has 1 aromatic carbocycles. The fourth-order valence-electron chi connectivity index (χ4n) is 1.63. The zero-order valence-electron chi connectivity index (χ0n) is 11.0. The highest BCUT2D eigenvalue weighted by Gasteiger charge is 2.10. The Morgan fingerprint density at radius 3 is 2.85 bits per heavy atom. The van der Waals surface area contributed by atoms with Crippen molar-refractivity contribution in [2.45, 2.75) is 6.92 Å². The van der Waals surface area contributed by atoms with Crippen LogP contribution < -0.4 is 15.2 Å². The Morgan fingerprint density at radius 1 is 1.30 bits per heavy atom. The summed E-state index contributed by atoms with van der Waals surface area (Å²) in [5, 5.41) is 11.7. The van der Waals surface area contributed by atoms with Gasteiger partial charge in [-0.2, -0.15) is 0 Å². The number of hydrogen-bond acceptors (Lipinski definition) is 5. The van der Waals surface area contributed by atoms with Gasteiger partial charge >= 0.3 is 0 Å². The summed E-state index contributed by atoms with van der Waals surface area (Å²) in [4.78, 5) is 4.08. The third kappa shape index (κ3) is 3.17. The molecule has 3 N–H and O–H groups in total. The van der Waals surface area contributed by atoms with Crippen LogP contribution in [-0.2, 0) is 0 Å². The number of nitrogens with two attached hydrogens (primary N) is 1.